The molecule has 8 nitrogen and oxygen atoms in total. The van der Waals surface area contributed by atoms with Gasteiger partial charge in [-0.15, -0.1) is 0 Å². The summed E-state index contributed by atoms with van der Waals surface area (Å²) in [7, 11) is -1.76. The average Bonchev–Trinajstić information content (AvgIpc) is 3.01. The number of aromatic nitrogens is 2. The van der Waals surface area contributed by atoms with Crippen molar-refractivity contribution in [2.24, 2.45) is 5.92 Å². The molecule has 0 aromatic carbocycles. The molecule has 9 heteroatoms. The van der Waals surface area contributed by atoms with Gasteiger partial charge < -0.3 is 9.80 Å². The largest absolute Gasteiger partial charge is 0.354 e. The zero-order chi connectivity index (χ0) is 21.5. The maximum Gasteiger partial charge on any atom is 0.245 e. The number of fused-ring (bicyclic) bond motifs is 1. The van der Waals surface area contributed by atoms with Crippen LogP contribution in [0.2, 0.25) is 0 Å². The van der Waals surface area contributed by atoms with Crippen LogP contribution in [0.1, 0.15) is 24.6 Å². The molecule has 0 bridgehead atoms. The summed E-state index contributed by atoms with van der Waals surface area (Å²) in [6.07, 6.45) is 3.90. The standard InChI is InChI=1S/C21H27N5O3S/c1-15-11-20(24(3)13-17-6-4-5-7-22-17)23-12-19(15)30(28,29)25-8-9-26-18(14-25)10-16(2)21(26)27/h4-7,11-12,16,18H,8-10,13-14H2,1-3H3. The van der Waals surface area contributed by atoms with Crippen molar-refractivity contribution in [3.63, 3.8) is 0 Å². The van der Waals surface area contributed by atoms with Crippen LogP contribution in [-0.2, 0) is 21.4 Å². The van der Waals surface area contributed by atoms with Crippen LogP contribution in [0.5, 0.6) is 0 Å². The minimum Gasteiger partial charge on any atom is -0.354 e. The summed E-state index contributed by atoms with van der Waals surface area (Å²) >= 11 is 0. The van der Waals surface area contributed by atoms with E-state index in [-0.39, 0.29) is 22.8 Å². The maximum absolute atomic E-state index is 13.3. The monoisotopic (exact) mass is 429 g/mol. The van der Waals surface area contributed by atoms with E-state index in [1.807, 2.05) is 42.0 Å². The van der Waals surface area contributed by atoms with E-state index in [2.05, 4.69) is 9.97 Å². The number of anilines is 1. The van der Waals surface area contributed by atoms with Crippen LogP contribution in [0.25, 0.3) is 0 Å². The summed E-state index contributed by atoms with van der Waals surface area (Å²) in [6, 6.07) is 7.51. The molecule has 2 aromatic rings. The first-order chi connectivity index (χ1) is 14.3. The molecule has 0 N–H and O–H groups in total. The molecule has 2 saturated heterocycles. The SMILES string of the molecule is Cc1cc(N(C)Cc2ccccn2)ncc1S(=O)(=O)N1CCN2C(=O)C(C)CC2C1. The van der Waals surface area contributed by atoms with Gasteiger partial charge in [0.05, 0.1) is 12.2 Å². The topological polar surface area (TPSA) is 86.7 Å². The van der Waals surface area contributed by atoms with Crippen molar-refractivity contribution in [1.29, 1.82) is 0 Å². The van der Waals surface area contributed by atoms with Crippen LogP contribution < -0.4 is 4.90 Å². The lowest BCUT2D eigenvalue weighted by Crippen LogP contribution is -2.53. The number of rotatable bonds is 5. The molecule has 2 aliphatic heterocycles. The molecule has 2 aliphatic rings. The fourth-order valence-electron chi connectivity index (χ4n) is 4.29. The van der Waals surface area contributed by atoms with Crippen LogP contribution in [-0.4, -0.2) is 66.2 Å². The highest BCUT2D eigenvalue weighted by Crippen LogP contribution is 2.31. The number of sulfonamides is 1. The van der Waals surface area contributed by atoms with Crippen molar-refractivity contribution < 1.29 is 13.2 Å². The van der Waals surface area contributed by atoms with Gasteiger partial charge in [0.2, 0.25) is 15.9 Å². The van der Waals surface area contributed by atoms with E-state index in [9.17, 15) is 13.2 Å². The lowest BCUT2D eigenvalue weighted by atomic mass is 10.1. The summed E-state index contributed by atoms with van der Waals surface area (Å²) in [6.45, 7) is 5.40. The minimum absolute atomic E-state index is 0.0324. The fraction of sp³-hybridized carbons (Fsp3) is 0.476. The number of amides is 1. The van der Waals surface area contributed by atoms with E-state index < -0.39 is 10.0 Å². The summed E-state index contributed by atoms with van der Waals surface area (Å²) in [4.78, 5) is 24.9. The highest BCUT2D eigenvalue weighted by Gasteiger charge is 2.43. The van der Waals surface area contributed by atoms with Crippen molar-refractivity contribution in [2.45, 2.75) is 37.8 Å². The zero-order valence-corrected chi connectivity index (χ0v) is 18.3. The Morgan fingerprint density at radius 3 is 2.73 bits per heavy atom. The van der Waals surface area contributed by atoms with E-state index in [0.29, 0.717) is 44.0 Å². The van der Waals surface area contributed by atoms with Gasteiger partial charge in [-0.3, -0.25) is 9.78 Å². The van der Waals surface area contributed by atoms with Crippen molar-refractivity contribution in [2.75, 3.05) is 31.6 Å². The average molecular weight is 430 g/mol. The van der Waals surface area contributed by atoms with Gasteiger partial charge in [-0.2, -0.15) is 4.31 Å². The van der Waals surface area contributed by atoms with Crippen LogP contribution in [0.3, 0.4) is 0 Å². The van der Waals surface area contributed by atoms with E-state index in [4.69, 9.17) is 0 Å². The van der Waals surface area contributed by atoms with Crippen molar-refractivity contribution in [3.8, 4) is 0 Å². The van der Waals surface area contributed by atoms with Gasteiger partial charge in [0, 0.05) is 51.0 Å². The number of nitrogens with zero attached hydrogens (tertiary/aromatic N) is 5. The molecule has 2 fully saturated rings. The van der Waals surface area contributed by atoms with E-state index in [0.717, 1.165) is 5.69 Å². The molecule has 160 valence electrons. The molecular weight excluding hydrogens is 402 g/mol. The van der Waals surface area contributed by atoms with Crippen molar-refractivity contribution in [1.82, 2.24) is 19.2 Å². The van der Waals surface area contributed by atoms with E-state index in [1.165, 1.54) is 10.5 Å². The second kappa shape index (κ2) is 7.96. The lowest BCUT2D eigenvalue weighted by molar-refractivity contribution is -0.132. The first kappa shape index (κ1) is 20.7. The number of pyridine rings is 2. The Hall–Kier alpha value is -2.52. The number of aryl methyl sites for hydroxylation is 1. The summed E-state index contributed by atoms with van der Waals surface area (Å²) < 4.78 is 28.1. The number of carbonyl (C=O) groups is 1. The Morgan fingerprint density at radius 1 is 1.23 bits per heavy atom. The van der Waals surface area contributed by atoms with Gasteiger partial charge in [-0.25, -0.2) is 13.4 Å². The summed E-state index contributed by atoms with van der Waals surface area (Å²) in [5.41, 5.74) is 1.57. The second-order valence-electron chi connectivity index (χ2n) is 8.17. The number of hydrogen-bond acceptors (Lipinski definition) is 6. The van der Waals surface area contributed by atoms with Gasteiger partial charge in [-0.1, -0.05) is 13.0 Å². The number of carbonyl (C=O) groups excluding carboxylic acids is 1. The predicted octanol–water partition coefficient (Wildman–Crippen LogP) is 1.66. The molecule has 0 aliphatic carbocycles. The van der Waals surface area contributed by atoms with Gasteiger partial charge in [0.1, 0.15) is 10.7 Å². The molecule has 30 heavy (non-hydrogen) atoms. The predicted molar refractivity (Wildman–Crippen MR) is 113 cm³/mol. The molecule has 1 amide bonds. The second-order valence-corrected chi connectivity index (χ2v) is 10.1. The summed E-state index contributed by atoms with van der Waals surface area (Å²) in [5.74, 6) is 0.794. The third-order valence-electron chi connectivity index (χ3n) is 5.96. The molecular formula is C21H27N5O3S. The molecule has 2 atom stereocenters. The molecule has 4 rings (SSSR count). The van der Waals surface area contributed by atoms with Gasteiger partial charge >= 0.3 is 0 Å². The molecule has 2 aromatic heterocycles. The first-order valence-corrected chi connectivity index (χ1v) is 11.6. The van der Waals surface area contributed by atoms with E-state index >= 15 is 0 Å². The van der Waals surface area contributed by atoms with E-state index in [1.54, 1.807) is 19.2 Å². The smallest absolute Gasteiger partial charge is 0.245 e. The zero-order valence-electron chi connectivity index (χ0n) is 17.5. The Kier molecular flexibility index (Phi) is 5.50. The van der Waals surface area contributed by atoms with Crippen molar-refractivity contribution >= 4 is 21.7 Å². The van der Waals surface area contributed by atoms with Gasteiger partial charge in [-0.05, 0) is 37.1 Å². The third kappa shape index (κ3) is 3.79. The Balaban J connectivity index is 1.51. The van der Waals surface area contributed by atoms with Crippen LogP contribution in [0.4, 0.5) is 5.82 Å². The molecule has 0 radical (unpaired) electrons. The van der Waals surface area contributed by atoms with Crippen LogP contribution in [0.15, 0.2) is 41.6 Å². The highest BCUT2D eigenvalue weighted by molar-refractivity contribution is 7.89. The quantitative estimate of drug-likeness (QED) is 0.719. The Labute approximate surface area is 177 Å². The first-order valence-electron chi connectivity index (χ1n) is 10.2. The molecule has 0 spiro atoms. The maximum atomic E-state index is 13.3. The van der Waals surface area contributed by atoms with Gasteiger partial charge in [0.25, 0.3) is 0 Å². The lowest BCUT2D eigenvalue weighted by Gasteiger charge is -2.36. The van der Waals surface area contributed by atoms with Crippen LogP contribution >= 0.6 is 0 Å². The number of hydrogen-bond donors (Lipinski definition) is 0. The fourth-order valence-corrected chi connectivity index (χ4v) is 5.91. The normalized spacial score (nSPS) is 22.2. The molecule has 2 unspecified atom stereocenters. The molecule has 0 saturated carbocycles. The highest BCUT2D eigenvalue weighted by atomic mass is 32.2. The summed E-state index contributed by atoms with van der Waals surface area (Å²) in [5, 5.41) is 0. The molecule has 4 heterocycles. The van der Waals surface area contributed by atoms with Crippen molar-refractivity contribution in [3.05, 3.63) is 47.9 Å². The van der Waals surface area contributed by atoms with Gasteiger partial charge in [0.15, 0.2) is 0 Å². The van der Waals surface area contributed by atoms with Crippen LogP contribution in [0, 0.1) is 12.8 Å². The Morgan fingerprint density at radius 2 is 2.03 bits per heavy atom. The third-order valence-corrected chi connectivity index (χ3v) is 7.95. The number of piperazine rings is 1. The Bertz CT molecular complexity index is 1040. The minimum atomic E-state index is -3.67.